The Hall–Kier alpha value is -2.29. The van der Waals surface area contributed by atoms with Crippen LogP contribution in [0.3, 0.4) is 0 Å². The third-order valence-corrected chi connectivity index (χ3v) is 4.15. The van der Waals surface area contributed by atoms with E-state index in [9.17, 15) is 4.79 Å². The summed E-state index contributed by atoms with van der Waals surface area (Å²) in [6, 6.07) is 17.9. The monoisotopic (exact) mass is 510 g/mol. The van der Waals surface area contributed by atoms with Gasteiger partial charge < -0.3 is 20.7 Å². The van der Waals surface area contributed by atoms with Gasteiger partial charge in [0.15, 0.2) is 5.96 Å². The van der Waals surface area contributed by atoms with E-state index in [0.29, 0.717) is 19.5 Å². The van der Waals surface area contributed by atoms with Crippen molar-refractivity contribution in [1.29, 1.82) is 0 Å². The van der Waals surface area contributed by atoms with Crippen LogP contribution in [0.2, 0.25) is 0 Å². The lowest BCUT2D eigenvalue weighted by molar-refractivity contribution is -0.121. The Morgan fingerprint density at radius 1 is 0.966 bits per heavy atom. The molecule has 0 saturated heterocycles. The topological polar surface area (TPSA) is 74.8 Å². The van der Waals surface area contributed by atoms with Crippen molar-refractivity contribution in [2.24, 2.45) is 4.99 Å². The molecule has 0 bridgehead atoms. The maximum atomic E-state index is 12.0. The predicted octanol–water partition coefficient (Wildman–Crippen LogP) is 3.12. The molecule has 0 aliphatic carbocycles. The standard InChI is InChI=1S/C22H30N4O2.HI/c1-3-23-22(24-15-13-18-9-11-20(28-2)12-10-18)25-16-14-21(27)26-17-19-7-5-4-6-8-19;/h4-12H,3,13-17H2,1-2H3,(H,26,27)(H2,23,24,25);1H. The average molecular weight is 510 g/mol. The molecule has 158 valence electrons. The van der Waals surface area contributed by atoms with Crippen molar-refractivity contribution in [2.75, 3.05) is 26.7 Å². The van der Waals surface area contributed by atoms with Crippen LogP contribution < -0.4 is 20.7 Å². The van der Waals surface area contributed by atoms with Gasteiger partial charge >= 0.3 is 0 Å². The summed E-state index contributed by atoms with van der Waals surface area (Å²) < 4.78 is 5.17. The third-order valence-electron chi connectivity index (χ3n) is 4.15. The van der Waals surface area contributed by atoms with Crippen molar-refractivity contribution in [3.05, 3.63) is 65.7 Å². The molecule has 0 aliphatic heterocycles. The number of nitrogens with one attached hydrogen (secondary N) is 3. The first kappa shape index (κ1) is 24.7. The predicted molar refractivity (Wildman–Crippen MR) is 129 cm³/mol. The lowest BCUT2D eigenvalue weighted by Crippen LogP contribution is -2.38. The van der Waals surface area contributed by atoms with Gasteiger partial charge in [-0.05, 0) is 36.6 Å². The van der Waals surface area contributed by atoms with E-state index >= 15 is 0 Å². The van der Waals surface area contributed by atoms with Gasteiger partial charge in [0.1, 0.15) is 5.75 Å². The van der Waals surface area contributed by atoms with Crippen LogP contribution in [0.4, 0.5) is 0 Å². The van der Waals surface area contributed by atoms with Gasteiger partial charge in [-0.1, -0.05) is 42.5 Å². The van der Waals surface area contributed by atoms with Crippen molar-refractivity contribution < 1.29 is 9.53 Å². The second-order valence-electron chi connectivity index (χ2n) is 6.30. The van der Waals surface area contributed by atoms with Gasteiger partial charge in [0.25, 0.3) is 0 Å². The van der Waals surface area contributed by atoms with Crippen molar-refractivity contribution in [3.63, 3.8) is 0 Å². The minimum Gasteiger partial charge on any atom is -0.497 e. The van der Waals surface area contributed by atoms with E-state index in [1.54, 1.807) is 7.11 Å². The fraction of sp³-hybridized carbons (Fsp3) is 0.364. The minimum absolute atomic E-state index is 0. The van der Waals surface area contributed by atoms with Crippen molar-refractivity contribution in [1.82, 2.24) is 16.0 Å². The van der Waals surface area contributed by atoms with E-state index in [-0.39, 0.29) is 29.9 Å². The molecule has 0 saturated carbocycles. The van der Waals surface area contributed by atoms with Crippen LogP contribution in [0.1, 0.15) is 24.5 Å². The number of carbonyl (C=O) groups excluding carboxylic acids is 1. The zero-order valence-electron chi connectivity index (χ0n) is 17.1. The van der Waals surface area contributed by atoms with E-state index < -0.39 is 0 Å². The molecule has 6 nitrogen and oxygen atoms in total. The highest BCUT2D eigenvalue weighted by Crippen LogP contribution is 2.11. The summed E-state index contributed by atoms with van der Waals surface area (Å²) in [5, 5.41) is 9.43. The number of ether oxygens (including phenoxy) is 1. The average Bonchev–Trinajstić information content (AvgIpc) is 2.73. The number of amides is 1. The molecule has 2 aromatic carbocycles. The highest BCUT2D eigenvalue weighted by Gasteiger charge is 2.02. The summed E-state index contributed by atoms with van der Waals surface area (Å²) in [5.74, 6) is 1.59. The van der Waals surface area contributed by atoms with Crippen LogP contribution in [0.5, 0.6) is 5.75 Å². The smallest absolute Gasteiger partial charge is 0.222 e. The second kappa shape index (κ2) is 14.7. The largest absolute Gasteiger partial charge is 0.497 e. The summed E-state index contributed by atoms with van der Waals surface area (Å²) >= 11 is 0. The number of nitrogens with zero attached hydrogens (tertiary/aromatic N) is 1. The number of aliphatic imine (C=N–C) groups is 1. The molecule has 0 heterocycles. The second-order valence-corrected chi connectivity index (χ2v) is 6.30. The first-order valence-electron chi connectivity index (χ1n) is 9.67. The fourth-order valence-corrected chi connectivity index (χ4v) is 2.61. The number of guanidine groups is 1. The number of hydrogen-bond acceptors (Lipinski definition) is 3. The van der Waals surface area contributed by atoms with Crippen molar-refractivity contribution in [2.45, 2.75) is 26.3 Å². The molecule has 0 radical (unpaired) electrons. The molecule has 0 aliphatic rings. The summed E-state index contributed by atoms with van der Waals surface area (Å²) in [6.45, 7) is 4.54. The Morgan fingerprint density at radius 2 is 1.69 bits per heavy atom. The highest BCUT2D eigenvalue weighted by molar-refractivity contribution is 14.0. The summed E-state index contributed by atoms with van der Waals surface area (Å²) in [4.78, 5) is 16.5. The van der Waals surface area contributed by atoms with Gasteiger partial charge in [0.05, 0.1) is 13.7 Å². The van der Waals surface area contributed by atoms with Gasteiger partial charge in [-0.15, -0.1) is 24.0 Å². The van der Waals surface area contributed by atoms with Gasteiger partial charge in [0, 0.05) is 26.1 Å². The normalized spacial score (nSPS) is 10.6. The summed E-state index contributed by atoms with van der Waals surface area (Å²) in [6.07, 6.45) is 1.24. The van der Waals surface area contributed by atoms with E-state index in [4.69, 9.17) is 4.74 Å². The quantitative estimate of drug-likeness (QED) is 0.261. The summed E-state index contributed by atoms with van der Waals surface area (Å²) in [7, 11) is 1.66. The molecule has 0 aromatic heterocycles. The number of carbonyl (C=O) groups is 1. The van der Waals surface area contributed by atoms with Crippen LogP contribution in [0.15, 0.2) is 59.6 Å². The highest BCUT2D eigenvalue weighted by atomic mass is 127. The molecule has 2 aromatic rings. The number of hydrogen-bond donors (Lipinski definition) is 3. The maximum absolute atomic E-state index is 12.0. The van der Waals surface area contributed by atoms with Crippen LogP contribution in [0.25, 0.3) is 0 Å². The zero-order valence-corrected chi connectivity index (χ0v) is 19.4. The molecule has 2 rings (SSSR count). The third kappa shape index (κ3) is 10.2. The van der Waals surface area contributed by atoms with Crippen LogP contribution >= 0.6 is 24.0 Å². The Balaban J connectivity index is 0.00000420. The van der Waals surface area contributed by atoms with E-state index in [1.165, 1.54) is 5.56 Å². The van der Waals surface area contributed by atoms with E-state index in [2.05, 4.69) is 33.1 Å². The number of rotatable bonds is 10. The molecule has 7 heteroatoms. The van der Waals surface area contributed by atoms with E-state index in [1.807, 2.05) is 49.4 Å². The molecule has 0 atom stereocenters. The minimum atomic E-state index is 0. The first-order chi connectivity index (χ1) is 13.7. The molecular formula is C22H31IN4O2. The molecule has 29 heavy (non-hydrogen) atoms. The van der Waals surface area contributed by atoms with Crippen LogP contribution in [0, 0.1) is 0 Å². The molecule has 0 spiro atoms. The van der Waals surface area contributed by atoms with Crippen molar-refractivity contribution in [3.8, 4) is 5.75 Å². The number of methoxy groups -OCH3 is 1. The SMILES string of the molecule is CCNC(=NCCC(=O)NCc1ccccc1)NCCc1ccc(OC)cc1.I. The molecule has 3 N–H and O–H groups in total. The number of benzene rings is 2. The van der Waals surface area contributed by atoms with Gasteiger partial charge in [-0.2, -0.15) is 0 Å². The fourth-order valence-electron chi connectivity index (χ4n) is 2.61. The number of halogens is 1. The molecular weight excluding hydrogens is 479 g/mol. The lowest BCUT2D eigenvalue weighted by Gasteiger charge is -2.11. The molecule has 1 amide bonds. The molecule has 0 fully saturated rings. The maximum Gasteiger partial charge on any atom is 0.222 e. The zero-order chi connectivity index (χ0) is 20.0. The lowest BCUT2D eigenvalue weighted by atomic mass is 10.1. The Morgan fingerprint density at radius 3 is 2.34 bits per heavy atom. The van der Waals surface area contributed by atoms with Gasteiger partial charge in [-0.3, -0.25) is 9.79 Å². The Bertz CT molecular complexity index is 736. The van der Waals surface area contributed by atoms with Crippen LogP contribution in [-0.2, 0) is 17.8 Å². The van der Waals surface area contributed by atoms with E-state index in [0.717, 1.165) is 36.8 Å². The van der Waals surface area contributed by atoms with Gasteiger partial charge in [-0.25, -0.2) is 0 Å². The molecule has 0 unspecified atom stereocenters. The Labute approximate surface area is 190 Å². The van der Waals surface area contributed by atoms with Crippen LogP contribution in [-0.4, -0.2) is 38.6 Å². The summed E-state index contributed by atoms with van der Waals surface area (Å²) in [5.41, 5.74) is 2.32. The Kier molecular flexibility index (Phi) is 12.5. The van der Waals surface area contributed by atoms with Gasteiger partial charge in [0.2, 0.25) is 5.91 Å². The first-order valence-corrected chi connectivity index (χ1v) is 9.67. The van der Waals surface area contributed by atoms with Crippen molar-refractivity contribution >= 4 is 35.8 Å².